The van der Waals surface area contributed by atoms with Crippen LogP contribution in [0.3, 0.4) is 0 Å². The SMILES string of the molecule is CN1c2ccc(CN3CCN(c4ccccc4F)CC3)cc2OS1=O.Cl. The molecule has 1 saturated heterocycles. The minimum Gasteiger partial charge on any atom is -0.383 e. The van der Waals surface area contributed by atoms with Gasteiger partial charge in [-0.3, -0.25) is 9.21 Å². The summed E-state index contributed by atoms with van der Waals surface area (Å²) < 4.78 is 32.6. The summed E-state index contributed by atoms with van der Waals surface area (Å²) in [6, 6.07) is 12.9. The lowest BCUT2D eigenvalue weighted by Gasteiger charge is -2.36. The number of hydrogen-bond donors (Lipinski definition) is 0. The van der Waals surface area contributed by atoms with Crippen LogP contribution < -0.4 is 13.4 Å². The maximum Gasteiger partial charge on any atom is 0.318 e. The molecule has 0 spiro atoms. The normalized spacial score (nSPS) is 19.7. The first-order valence-corrected chi connectivity index (χ1v) is 9.34. The molecule has 2 aromatic rings. The maximum absolute atomic E-state index is 13.9. The van der Waals surface area contributed by atoms with Crippen molar-refractivity contribution in [3.05, 3.63) is 53.8 Å². The van der Waals surface area contributed by atoms with Crippen molar-refractivity contribution >= 4 is 35.0 Å². The van der Waals surface area contributed by atoms with Gasteiger partial charge in [0.2, 0.25) is 0 Å². The summed E-state index contributed by atoms with van der Waals surface area (Å²) in [7, 11) is 1.75. The summed E-state index contributed by atoms with van der Waals surface area (Å²) in [4.78, 5) is 4.43. The number of benzene rings is 2. The minimum absolute atomic E-state index is 0. The average molecular weight is 398 g/mol. The maximum atomic E-state index is 13.9. The average Bonchev–Trinajstić information content (AvgIpc) is 2.90. The number of fused-ring (bicyclic) bond motifs is 1. The van der Waals surface area contributed by atoms with Crippen molar-refractivity contribution in [1.82, 2.24) is 4.90 Å². The zero-order valence-electron chi connectivity index (χ0n) is 14.4. The topological polar surface area (TPSA) is 36.0 Å². The zero-order valence-corrected chi connectivity index (χ0v) is 16.1. The Hall–Kier alpha value is -1.83. The van der Waals surface area contributed by atoms with Crippen LogP contribution in [0.15, 0.2) is 42.5 Å². The van der Waals surface area contributed by atoms with Crippen molar-refractivity contribution in [2.24, 2.45) is 0 Å². The van der Waals surface area contributed by atoms with Gasteiger partial charge in [-0.05, 0) is 29.8 Å². The van der Waals surface area contributed by atoms with Gasteiger partial charge in [-0.25, -0.2) is 4.39 Å². The Balaban J connectivity index is 0.00000196. The Morgan fingerprint density at radius 2 is 1.81 bits per heavy atom. The lowest BCUT2D eigenvalue weighted by Crippen LogP contribution is -2.46. The van der Waals surface area contributed by atoms with Gasteiger partial charge >= 0.3 is 11.3 Å². The molecule has 26 heavy (non-hydrogen) atoms. The van der Waals surface area contributed by atoms with Gasteiger partial charge in [0.15, 0.2) is 5.75 Å². The van der Waals surface area contributed by atoms with Crippen LogP contribution in [-0.2, 0) is 17.8 Å². The summed E-state index contributed by atoms with van der Waals surface area (Å²) in [5.74, 6) is 0.507. The van der Waals surface area contributed by atoms with Crippen LogP contribution >= 0.6 is 12.4 Å². The van der Waals surface area contributed by atoms with E-state index in [4.69, 9.17) is 4.18 Å². The molecule has 0 N–H and O–H groups in total. The van der Waals surface area contributed by atoms with Crippen LogP contribution in [0.5, 0.6) is 5.75 Å². The van der Waals surface area contributed by atoms with Crippen molar-refractivity contribution in [2.45, 2.75) is 6.54 Å². The fraction of sp³-hybridized carbons (Fsp3) is 0.333. The van der Waals surface area contributed by atoms with E-state index in [0.717, 1.165) is 44.0 Å². The van der Waals surface area contributed by atoms with Gasteiger partial charge in [-0.15, -0.1) is 12.4 Å². The second kappa shape index (κ2) is 7.82. The third-order valence-electron chi connectivity index (χ3n) is 4.72. The molecule has 0 aliphatic carbocycles. The molecule has 0 amide bonds. The van der Waals surface area contributed by atoms with E-state index in [-0.39, 0.29) is 18.2 Å². The Labute approximate surface area is 161 Å². The third kappa shape index (κ3) is 3.65. The number of halogens is 2. The number of para-hydroxylation sites is 1. The van der Waals surface area contributed by atoms with E-state index in [1.165, 1.54) is 6.07 Å². The molecule has 1 atom stereocenters. The monoisotopic (exact) mass is 397 g/mol. The van der Waals surface area contributed by atoms with Crippen molar-refractivity contribution in [2.75, 3.05) is 42.4 Å². The fourth-order valence-electron chi connectivity index (χ4n) is 3.31. The predicted octanol–water partition coefficient (Wildman–Crippen LogP) is 2.98. The molecule has 2 aliphatic rings. The standard InChI is InChI=1S/C18H20FN3O2S.ClH/c1-20-17-7-6-14(12-18(17)24-25(20)23)13-21-8-10-22(11-9-21)16-5-3-2-4-15(16)19;/h2-7,12H,8-11,13H2,1H3;1H. The summed E-state index contributed by atoms with van der Waals surface area (Å²) >= 11 is -1.43. The summed E-state index contributed by atoms with van der Waals surface area (Å²) in [6.07, 6.45) is 0. The van der Waals surface area contributed by atoms with E-state index in [2.05, 4.69) is 9.80 Å². The molecule has 140 valence electrons. The first-order chi connectivity index (χ1) is 12.1. The van der Waals surface area contributed by atoms with Crippen LogP contribution in [0, 0.1) is 5.82 Å². The van der Waals surface area contributed by atoms with Gasteiger partial charge in [0.05, 0.1) is 11.4 Å². The minimum atomic E-state index is -1.43. The van der Waals surface area contributed by atoms with E-state index in [1.807, 2.05) is 30.3 Å². The van der Waals surface area contributed by atoms with E-state index >= 15 is 0 Å². The molecule has 2 aromatic carbocycles. The zero-order chi connectivity index (χ0) is 17.4. The van der Waals surface area contributed by atoms with Crippen LogP contribution in [0.4, 0.5) is 15.8 Å². The number of rotatable bonds is 3. The molecule has 1 unspecified atom stereocenters. The fourth-order valence-corrected chi connectivity index (χ4v) is 4.02. The van der Waals surface area contributed by atoms with Crippen molar-refractivity contribution in [3.8, 4) is 5.75 Å². The van der Waals surface area contributed by atoms with Crippen molar-refractivity contribution in [1.29, 1.82) is 0 Å². The summed E-state index contributed by atoms with van der Waals surface area (Å²) in [5, 5.41) is 0. The molecule has 0 radical (unpaired) electrons. The Kier molecular flexibility index (Phi) is 5.70. The Morgan fingerprint density at radius 1 is 1.08 bits per heavy atom. The van der Waals surface area contributed by atoms with Crippen LogP contribution in [0.1, 0.15) is 5.56 Å². The van der Waals surface area contributed by atoms with E-state index in [9.17, 15) is 8.60 Å². The van der Waals surface area contributed by atoms with Crippen LogP contribution in [0.25, 0.3) is 0 Å². The second-order valence-corrected chi connectivity index (χ2v) is 7.46. The lowest BCUT2D eigenvalue weighted by molar-refractivity contribution is 0.249. The molecule has 0 bridgehead atoms. The van der Waals surface area contributed by atoms with E-state index in [1.54, 1.807) is 17.4 Å². The number of piperazine rings is 1. The van der Waals surface area contributed by atoms with Gasteiger partial charge in [0, 0.05) is 39.8 Å². The molecule has 0 saturated carbocycles. The number of hydrogen-bond acceptors (Lipinski definition) is 4. The third-order valence-corrected chi connectivity index (χ3v) is 5.69. The van der Waals surface area contributed by atoms with E-state index < -0.39 is 11.3 Å². The first kappa shape index (κ1) is 18.9. The first-order valence-electron chi connectivity index (χ1n) is 8.30. The van der Waals surface area contributed by atoms with E-state index in [0.29, 0.717) is 11.4 Å². The number of nitrogens with zero attached hydrogens (tertiary/aromatic N) is 3. The molecule has 1 fully saturated rings. The molecular weight excluding hydrogens is 377 g/mol. The predicted molar refractivity (Wildman–Crippen MR) is 105 cm³/mol. The van der Waals surface area contributed by atoms with Crippen molar-refractivity contribution < 1.29 is 12.8 Å². The lowest BCUT2D eigenvalue weighted by atomic mass is 10.1. The smallest absolute Gasteiger partial charge is 0.318 e. The van der Waals surface area contributed by atoms with Gasteiger partial charge in [-0.1, -0.05) is 18.2 Å². The molecule has 4 rings (SSSR count). The van der Waals surface area contributed by atoms with Gasteiger partial charge in [0.25, 0.3) is 0 Å². The Bertz CT molecular complexity index is 815. The second-order valence-electron chi connectivity index (χ2n) is 6.31. The highest BCUT2D eigenvalue weighted by Crippen LogP contribution is 2.36. The highest BCUT2D eigenvalue weighted by Gasteiger charge is 2.26. The van der Waals surface area contributed by atoms with Gasteiger partial charge in [0.1, 0.15) is 5.82 Å². The van der Waals surface area contributed by atoms with Gasteiger partial charge in [-0.2, -0.15) is 4.21 Å². The Morgan fingerprint density at radius 3 is 2.54 bits per heavy atom. The summed E-state index contributed by atoms with van der Waals surface area (Å²) in [6.45, 7) is 4.15. The van der Waals surface area contributed by atoms with Crippen LogP contribution in [-0.4, -0.2) is 42.3 Å². The largest absolute Gasteiger partial charge is 0.383 e. The number of anilines is 2. The molecule has 0 aromatic heterocycles. The molecule has 8 heteroatoms. The highest BCUT2D eigenvalue weighted by molar-refractivity contribution is 7.82. The van der Waals surface area contributed by atoms with Gasteiger partial charge < -0.3 is 9.08 Å². The van der Waals surface area contributed by atoms with Crippen LogP contribution in [0.2, 0.25) is 0 Å². The molecule has 5 nitrogen and oxygen atoms in total. The van der Waals surface area contributed by atoms with Crippen molar-refractivity contribution in [3.63, 3.8) is 0 Å². The summed E-state index contributed by atoms with van der Waals surface area (Å²) in [5.41, 5.74) is 2.66. The molecule has 2 heterocycles. The molecular formula is C18H21ClFN3O2S. The quantitative estimate of drug-likeness (QED) is 0.797. The highest BCUT2D eigenvalue weighted by atomic mass is 35.5. The molecule has 2 aliphatic heterocycles.